The van der Waals surface area contributed by atoms with Gasteiger partial charge in [-0.15, -0.1) is 0 Å². The third-order valence-electron chi connectivity index (χ3n) is 6.16. The van der Waals surface area contributed by atoms with Gasteiger partial charge in [-0.05, 0) is 12.1 Å². The van der Waals surface area contributed by atoms with Crippen molar-refractivity contribution in [2.75, 3.05) is 5.75 Å². The minimum Gasteiger partial charge on any atom is -0.421 e. The Labute approximate surface area is 215 Å². The van der Waals surface area contributed by atoms with E-state index in [1.54, 1.807) is 0 Å². The van der Waals surface area contributed by atoms with Crippen molar-refractivity contribution in [2.45, 2.75) is 30.3 Å². The average molecular weight is 578 g/mol. The van der Waals surface area contributed by atoms with E-state index in [1.807, 2.05) is 0 Å². The van der Waals surface area contributed by atoms with Crippen molar-refractivity contribution in [1.82, 2.24) is 19.1 Å². The summed E-state index contributed by atoms with van der Waals surface area (Å²) in [7, 11) is -1.24. The average Bonchev–Trinajstić information content (AvgIpc) is 3.34. The van der Waals surface area contributed by atoms with E-state index in [9.17, 15) is 39.2 Å². The van der Waals surface area contributed by atoms with E-state index < -0.39 is 45.3 Å². The van der Waals surface area contributed by atoms with Crippen LogP contribution in [-0.4, -0.2) is 45.5 Å². The summed E-state index contributed by atoms with van der Waals surface area (Å²) >= 11 is 0. The van der Waals surface area contributed by atoms with E-state index in [-0.39, 0.29) is 44.7 Å². The van der Waals surface area contributed by atoms with E-state index in [4.69, 9.17) is 0 Å². The molecule has 0 aliphatic carbocycles. The summed E-state index contributed by atoms with van der Waals surface area (Å²) in [6.07, 6.45) is -14.5. The van der Waals surface area contributed by atoms with Gasteiger partial charge in [-0.2, -0.15) is 30.7 Å². The number of alkyl halides is 7. The Morgan fingerprint density at radius 3 is 1.97 bits per heavy atom. The summed E-state index contributed by atoms with van der Waals surface area (Å²) in [5.74, 6) is -1.86. The van der Waals surface area contributed by atoms with E-state index in [0.29, 0.717) is 0 Å². The minimum absolute atomic E-state index is 0.00283. The van der Waals surface area contributed by atoms with Gasteiger partial charge >= 0.3 is 18.4 Å². The summed E-state index contributed by atoms with van der Waals surface area (Å²) in [6, 6.07) is 5.83. The molecule has 0 saturated heterocycles. The molecule has 0 radical (unpaired) electrons. The molecular formula is C23H17F7N4O4S. The molecule has 2 aromatic heterocycles. The summed E-state index contributed by atoms with van der Waals surface area (Å²) in [6.45, 7) is 1.38. The molecule has 16 heteroatoms. The van der Waals surface area contributed by atoms with Gasteiger partial charge in [0.05, 0.1) is 22.3 Å². The SMILES string of the molecule is CCS(=O)(=O)c1c(-c2nc3cc4c(cc3n2C)OC(F)(F)C(F)(F)O4)nc(-c2ccc(C(F)(F)F)cc2)n1C. The zero-order valence-electron chi connectivity index (χ0n) is 20.1. The van der Waals surface area contributed by atoms with Crippen LogP contribution in [0.2, 0.25) is 0 Å². The largest absolute Gasteiger partial charge is 0.507 e. The molecule has 0 atom stereocenters. The number of hydrogen-bond donors (Lipinski definition) is 0. The molecule has 2 aromatic carbocycles. The maximum Gasteiger partial charge on any atom is 0.507 e. The third-order valence-corrected chi connectivity index (χ3v) is 7.98. The maximum absolute atomic E-state index is 13.7. The van der Waals surface area contributed by atoms with Crippen LogP contribution in [0.5, 0.6) is 11.5 Å². The summed E-state index contributed by atoms with van der Waals surface area (Å²) in [4.78, 5) is 8.66. The lowest BCUT2D eigenvalue weighted by Crippen LogP contribution is -2.52. The fourth-order valence-electron chi connectivity index (χ4n) is 4.15. The van der Waals surface area contributed by atoms with Crippen LogP contribution >= 0.6 is 0 Å². The number of aryl methyl sites for hydroxylation is 1. The minimum atomic E-state index is -4.95. The molecule has 0 fully saturated rings. The van der Waals surface area contributed by atoms with Crippen molar-refractivity contribution in [2.24, 2.45) is 14.1 Å². The van der Waals surface area contributed by atoms with E-state index in [1.165, 1.54) is 30.2 Å². The lowest BCUT2D eigenvalue weighted by Gasteiger charge is -2.31. The third kappa shape index (κ3) is 4.17. The molecule has 0 N–H and O–H groups in total. The van der Waals surface area contributed by atoms with Gasteiger partial charge in [-0.25, -0.2) is 18.4 Å². The Bertz CT molecular complexity index is 1730. The topological polar surface area (TPSA) is 88.2 Å². The Kier molecular flexibility index (Phi) is 5.72. The highest BCUT2D eigenvalue weighted by Crippen LogP contribution is 2.48. The number of hydrogen-bond acceptors (Lipinski definition) is 6. The fourth-order valence-corrected chi connectivity index (χ4v) is 5.36. The number of aromatic nitrogens is 4. The summed E-state index contributed by atoms with van der Waals surface area (Å²) in [5.41, 5.74) is -0.873. The van der Waals surface area contributed by atoms with Crippen molar-refractivity contribution in [3.63, 3.8) is 0 Å². The predicted octanol–water partition coefficient (Wildman–Crippen LogP) is 5.41. The second kappa shape index (κ2) is 8.34. The van der Waals surface area contributed by atoms with Crippen LogP contribution in [0.1, 0.15) is 12.5 Å². The van der Waals surface area contributed by atoms with Crippen LogP contribution in [-0.2, 0) is 30.1 Å². The molecule has 1 aliphatic rings. The molecule has 0 saturated carbocycles. The zero-order valence-corrected chi connectivity index (χ0v) is 21.0. The molecule has 0 spiro atoms. The maximum atomic E-state index is 13.7. The first-order valence-electron chi connectivity index (χ1n) is 11.1. The second-order valence-electron chi connectivity index (χ2n) is 8.65. The van der Waals surface area contributed by atoms with Crippen molar-refractivity contribution in [3.8, 4) is 34.4 Å². The van der Waals surface area contributed by atoms with Crippen LogP contribution in [0.15, 0.2) is 41.4 Å². The molecule has 5 rings (SSSR count). The highest BCUT2D eigenvalue weighted by atomic mass is 32.2. The van der Waals surface area contributed by atoms with Crippen molar-refractivity contribution >= 4 is 20.9 Å². The Morgan fingerprint density at radius 2 is 1.44 bits per heavy atom. The number of benzene rings is 2. The van der Waals surface area contributed by atoms with Gasteiger partial charge in [-0.3, -0.25) is 0 Å². The Morgan fingerprint density at radius 1 is 0.872 bits per heavy atom. The molecule has 4 aromatic rings. The highest BCUT2D eigenvalue weighted by molar-refractivity contribution is 7.91. The number of rotatable bonds is 4. The van der Waals surface area contributed by atoms with Crippen LogP contribution in [0, 0.1) is 0 Å². The molecular weight excluding hydrogens is 561 g/mol. The number of sulfone groups is 1. The van der Waals surface area contributed by atoms with E-state index in [0.717, 1.165) is 36.4 Å². The number of fused-ring (bicyclic) bond motifs is 2. The van der Waals surface area contributed by atoms with Gasteiger partial charge < -0.3 is 18.6 Å². The number of imidazole rings is 2. The van der Waals surface area contributed by atoms with Crippen molar-refractivity contribution in [1.29, 1.82) is 0 Å². The van der Waals surface area contributed by atoms with Gasteiger partial charge in [0.2, 0.25) is 0 Å². The standard InChI is InChI=1S/C23H17F7N4O4S/c1-4-39(35,36)20-17(32-18(34(20)3)11-5-7-12(8-6-11)21(24,25)26)19-31-13-9-15-16(10-14(13)33(19)2)38-23(29,30)22(27,28)37-15/h5-10H,4H2,1-3H3. The molecule has 3 heterocycles. The molecule has 8 nitrogen and oxygen atoms in total. The molecule has 0 bridgehead atoms. The lowest BCUT2D eigenvalue weighted by atomic mass is 10.1. The van der Waals surface area contributed by atoms with Gasteiger partial charge in [0.25, 0.3) is 0 Å². The molecule has 1 aliphatic heterocycles. The Balaban J connectivity index is 1.71. The van der Waals surface area contributed by atoms with Crippen LogP contribution in [0.4, 0.5) is 30.7 Å². The predicted molar refractivity (Wildman–Crippen MR) is 122 cm³/mol. The number of ether oxygens (including phenoxy) is 2. The number of halogens is 7. The first kappa shape index (κ1) is 26.8. The fraction of sp³-hybridized carbons (Fsp3) is 0.304. The van der Waals surface area contributed by atoms with Crippen molar-refractivity contribution in [3.05, 3.63) is 42.0 Å². The normalized spacial score (nSPS) is 16.6. The molecule has 0 unspecified atom stereocenters. The van der Waals surface area contributed by atoms with Gasteiger partial charge in [0.15, 0.2) is 32.2 Å². The van der Waals surface area contributed by atoms with Gasteiger partial charge in [0, 0.05) is 31.8 Å². The molecule has 0 amide bonds. The monoisotopic (exact) mass is 578 g/mol. The first-order chi connectivity index (χ1) is 18.0. The van der Waals surface area contributed by atoms with Gasteiger partial charge in [0.1, 0.15) is 11.5 Å². The smallest absolute Gasteiger partial charge is 0.421 e. The molecule has 208 valence electrons. The lowest BCUT2D eigenvalue weighted by molar-refractivity contribution is -0.391. The van der Waals surface area contributed by atoms with Crippen LogP contribution in [0.3, 0.4) is 0 Å². The number of nitrogens with zero attached hydrogens (tertiary/aromatic N) is 4. The van der Waals surface area contributed by atoms with E-state index >= 15 is 0 Å². The Hall–Kier alpha value is -3.82. The second-order valence-corrected chi connectivity index (χ2v) is 10.8. The zero-order chi connectivity index (χ0) is 28.7. The van der Waals surface area contributed by atoms with Gasteiger partial charge in [-0.1, -0.05) is 19.1 Å². The first-order valence-corrected chi connectivity index (χ1v) is 12.7. The van der Waals surface area contributed by atoms with Crippen molar-refractivity contribution < 1.29 is 48.6 Å². The van der Waals surface area contributed by atoms with Crippen LogP contribution < -0.4 is 9.47 Å². The quantitative estimate of drug-likeness (QED) is 0.301. The summed E-state index contributed by atoms with van der Waals surface area (Å²) < 4.78 is 131. The molecule has 39 heavy (non-hydrogen) atoms. The highest BCUT2D eigenvalue weighted by Gasteiger charge is 2.66. The van der Waals surface area contributed by atoms with Crippen LogP contribution in [0.25, 0.3) is 33.9 Å². The van der Waals surface area contributed by atoms with E-state index in [2.05, 4.69) is 19.4 Å². The summed E-state index contributed by atoms with van der Waals surface area (Å²) in [5, 5.41) is -0.311.